The number of morpholine rings is 1. The number of carboxylic acids is 1. The Kier molecular flexibility index (Phi) is 5.55. The molecule has 0 saturated carbocycles. The summed E-state index contributed by atoms with van der Waals surface area (Å²) in [6, 6.07) is 0. The van der Waals surface area contributed by atoms with Crippen LogP contribution in [-0.4, -0.2) is 72.6 Å². The number of hydrogen-bond donors (Lipinski definition) is 1. The van der Waals surface area contributed by atoms with Crippen LogP contribution >= 0.6 is 0 Å². The highest BCUT2D eigenvalue weighted by Crippen LogP contribution is 2.16. The minimum Gasteiger partial charge on any atom is -0.479 e. The number of aliphatic carboxylic acids is 1. The molecule has 7 nitrogen and oxygen atoms in total. The van der Waals surface area contributed by atoms with Crippen LogP contribution in [0.2, 0.25) is 0 Å². The molecular weight excluding hydrogens is 278 g/mol. The van der Waals surface area contributed by atoms with E-state index >= 15 is 0 Å². The topological polar surface area (TPSA) is 85.3 Å². The highest BCUT2D eigenvalue weighted by molar-refractivity contribution is 5.82. The summed E-state index contributed by atoms with van der Waals surface area (Å²) >= 11 is 0. The normalized spacial score (nSPS) is 31.1. The van der Waals surface area contributed by atoms with Crippen LogP contribution < -0.4 is 0 Å². The molecule has 0 bridgehead atoms. The molecule has 21 heavy (non-hydrogen) atoms. The second kappa shape index (κ2) is 7.20. The van der Waals surface area contributed by atoms with E-state index in [1.807, 2.05) is 0 Å². The molecule has 1 amide bonds. The van der Waals surface area contributed by atoms with Gasteiger partial charge in [0.15, 0.2) is 6.10 Å². The number of ether oxygens (including phenoxy) is 3. The predicted molar refractivity (Wildman–Crippen MR) is 72.9 cm³/mol. The third-order valence-electron chi connectivity index (χ3n) is 3.75. The first kappa shape index (κ1) is 16.2. The largest absolute Gasteiger partial charge is 0.479 e. The summed E-state index contributed by atoms with van der Waals surface area (Å²) in [5.74, 6) is -1.25. The molecule has 2 aliphatic rings. The average Bonchev–Trinajstić information content (AvgIpc) is 2.96. The lowest BCUT2D eigenvalue weighted by molar-refractivity contribution is -0.170. The van der Waals surface area contributed by atoms with E-state index in [-0.39, 0.29) is 24.7 Å². The monoisotopic (exact) mass is 301 g/mol. The minimum absolute atomic E-state index is 0.0616. The maximum Gasteiger partial charge on any atom is 0.334 e. The molecule has 2 heterocycles. The summed E-state index contributed by atoms with van der Waals surface area (Å²) in [7, 11) is 0. The van der Waals surface area contributed by atoms with Gasteiger partial charge in [0.25, 0.3) is 5.91 Å². The van der Waals surface area contributed by atoms with Crippen LogP contribution in [0.5, 0.6) is 0 Å². The number of amides is 1. The van der Waals surface area contributed by atoms with E-state index in [9.17, 15) is 9.59 Å². The van der Waals surface area contributed by atoms with Crippen molar-refractivity contribution in [2.75, 3.05) is 26.3 Å². The highest BCUT2D eigenvalue weighted by Gasteiger charge is 2.34. The third kappa shape index (κ3) is 4.39. The van der Waals surface area contributed by atoms with Gasteiger partial charge in [-0.1, -0.05) is 0 Å². The molecule has 2 rings (SSSR count). The lowest BCUT2D eigenvalue weighted by Crippen LogP contribution is -2.54. The molecule has 2 aliphatic heterocycles. The maximum absolute atomic E-state index is 12.3. The van der Waals surface area contributed by atoms with Crippen LogP contribution in [0, 0.1) is 0 Å². The van der Waals surface area contributed by atoms with Crippen molar-refractivity contribution in [3.05, 3.63) is 0 Å². The summed E-state index contributed by atoms with van der Waals surface area (Å²) in [5.41, 5.74) is 0. The Bertz CT molecular complexity index is 382. The molecule has 0 radical (unpaired) electrons. The Hall–Kier alpha value is -1.18. The van der Waals surface area contributed by atoms with Crippen molar-refractivity contribution < 1.29 is 28.9 Å². The van der Waals surface area contributed by atoms with Crippen molar-refractivity contribution in [3.63, 3.8) is 0 Å². The van der Waals surface area contributed by atoms with Crippen molar-refractivity contribution in [1.29, 1.82) is 0 Å². The second-order valence-electron chi connectivity index (χ2n) is 5.63. The standard InChI is InChI=1S/C14H23NO6/c1-9-6-15(7-12(21-9)14(17)18)13(16)10(2)20-8-11-4-3-5-19-11/h9-12H,3-8H2,1-2H3,(H,17,18)/t9-,10?,11?,12?/m1/s1. The lowest BCUT2D eigenvalue weighted by atomic mass is 10.2. The van der Waals surface area contributed by atoms with Gasteiger partial charge in [-0.2, -0.15) is 0 Å². The van der Waals surface area contributed by atoms with E-state index in [4.69, 9.17) is 19.3 Å². The Morgan fingerprint density at radius 2 is 2.19 bits per heavy atom. The van der Waals surface area contributed by atoms with E-state index in [0.29, 0.717) is 13.2 Å². The van der Waals surface area contributed by atoms with Crippen LogP contribution in [0.25, 0.3) is 0 Å². The van der Waals surface area contributed by atoms with E-state index in [1.54, 1.807) is 13.8 Å². The van der Waals surface area contributed by atoms with Gasteiger partial charge in [0, 0.05) is 13.2 Å². The molecular formula is C14H23NO6. The summed E-state index contributed by atoms with van der Waals surface area (Å²) < 4.78 is 16.3. The zero-order chi connectivity index (χ0) is 15.4. The van der Waals surface area contributed by atoms with Gasteiger partial charge in [0.05, 0.1) is 25.4 Å². The molecule has 2 saturated heterocycles. The summed E-state index contributed by atoms with van der Waals surface area (Å²) in [6.07, 6.45) is 0.176. The first-order chi connectivity index (χ1) is 9.97. The number of carbonyl (C=O) groups excluding carboxylic acids is 1. The Labute approximate surface area is 124 Å². The zero-order valence-electron chi connectivity index (χ0n) is 12.5. The molecule has 4 atom stereocenters. The zero-order valence-corrected chi connectivity index (χ0v) is 12.5. The molecule has 3 unspecified atom stereocenters. The van der Waals surface area contributed by atoms with Crippen molar-refractivity contribution in [3.8, 4) is 0 Å². The number of rotatable bonds is 5. The first-order valence-corrected chi connectivity index (χ1v) is 7.37. The third-order valence-corrected chi connectivity index (χ3v) is 3.75. The van der Waals surface area contributed by atoms with Gasteiger partial charge in [-0.25, -0.2) is 4.79 Å². The van der Waals surface area contributed by atoms with E-state index in [2.05, 4.69) is 0 Å². The summed E-state index contributed by atoms with van der Waals surface area (Å²) in [4.78, 5) is 24.9. The fourth-order valence-electron chi connectivity index (χ4n) is 2.62. The molecule has 0 aliphatic carbocycles. The van der Waals surface area contributed by atoms with Crippen LogP contribution in [0.4, 0.5) is 0 Å². The highest BCUT2D eigenvalue weighted by atomic mass is 16.5. The molecule has 1 N–H and O–H groups in total. The fourth-order valence-corrected chi connectivity index (χ4v) is 2.62. The van der Waals surface area contributed by atoms with Gasteiger partial charge in [-0.15, -0.1) is 0 Å². The number of hydrogen-bond acceptors (Lipinski definition) is 5. The fraction of sp³-hybridized carbons (Fsp3) is 0.857. The van der Waals surface area contributed by atoms with Crippen molar-refractivity contribution in [2.24, 2.45) is 0 Å². The summed E-state index contributed by atoms with van der Waals surface area (Å²) in [6.45, 7) is 5.04. The van der Waals surface area contributed by atoms with Crippen LogP contribution in [0.3, 0.4) is 0 Å². The lowest BCUT2D eigenvalue weighted by Gasteiger charge is -2.36. The van der Waals surface area contributed by atoms with Gasteiger partial charge in [-0.05, 0) is 26.7 Å². The van der Waals surface area contributed by atoms with E-state index in [1.165, 1.54) is 4.90 Å². The number of carboxylic acid groups (broad SMARTS) is 1. The molecule has 0 aromatic rings. The quantitative estimate of drug-likeness (QED) is 0.784. The first-order valence-electron chi connectivity index (χ1n) is 7.37. The Morgan fingerprint density at radius 3 is 2.81 bits per heavy atom. The van der Waals surface area contributed by atoms with Crippen molar-refractivity contribution >= 4 is 11.9 Å². The molecule has 0 aromatic heterocycles. The number of nitrogens with zero attached hydrogens (tertiary/aromatic N) is 1. The maximum atomic E-state index is 12.3. The van der Waals surface area contributed by atoms with Crippen LogP contribution in [0.15, 0.2) is 0 Å². The van der Waals surface area contributed by atoms with Crippen LogP contribution in [0.1, 0.15) is 26.7 Å². The molecule has 0 aromatic carbocycles. The molecule has 0 spiro atoms. The van der Waals surface area contributed by atoms with Crippen LogP contribution in [-0.2, 0) is 23.8 Å². The van der Waals surface area contributed by atoms with E-state index in [0.717, 1.165) is 19.4 Å². The second-order valence-corrected chi connectivity index (χ2v) is 5.63. The SMILES string of the molecule is CC(OCC1CCCO1)C(=O)N1CC(C(=O)O)O[C@H](C)C1. The van der Waals surface area contributed by atoms with Gasteiger partial charge in [-0.3, -0.25) is 4.79 Å². The number of carbonyl (C=O) groups is 2. The van der Waals surface area contributed by atoms with Gasteiger partial charge in [0.2, 0.25) is 0 Å². The smallest absolute Gasteiger partial charge is 0.334 e. The minimum atomic E-state index is -1.05. The Morgan fingerprint density at radius 1 is 1.43 bits per heavy atom. The van der Waals surface area contributed by atoms with E-state index < -0.39 is 18.2 Å². The summed E-state index contributed by atoms with van der Waals surface area (Å²) in [5, 5.41) is 9.03. The van der Waals surface area contributed by atoms with Crippen molar-refractivity contribution in [2.45, 2.75) is 51.1 Å². The molecule has 2 fully saturated rings. The Balaban J connectivity index is 1.83. The average molecular weight is 301 g/mol. The van der Waals surface area contributed by atoms with Gasteiger partial charge >= 0.3 is 5.97 Å². The molecule has 120 valence electrons. The molecule has 7 heteroatoms. The predicted octanol–water partition coefficient (Wildman–Crippen LogP) is 0.271. The van der Waals surface area contributed by atoms with Crippen molar-refractivity contribution in [1.82, 2.24) is 4.90 Å². The van der Waals surface area contributed by atoms with Gasteiger partial charge in [0.1, 0.15) is 6.10 Å². The van der Waals surface area contributed by atoms with Gasteiger partial charge < -0.3 is 24.2 Å².